The van der Waals surface area contributed by atoms with E-state index in [2.05, 4.69) is 15.9 Å². The molecule has 0 bridgehead atoms. The van der Waals surface area contributed by atoms with Crippen LogP contribution in [0.5, 0.6) is 11.5 Å². The van der Waals surface area contributed by atoms with Crippen molar-refractivity contribution in [1.82, 2.24) is 4.90 Å². The Kier molecular flexibility index (Phi) is 5.59. The van der Waals surface area contributed by atoms with Crippen LogP contribution in [0.25, 0.3) is 0 Å². The quantitative estimate of drug-likeness (QED) is 0.825. The lowest BCUT2D eigenvalue weighted by Gasteiger charge is -2.36. The first-order chi connectivity index (χ1) is 12.6. The maximum atomic E-state index is 13.5. The minimum absolute atomic E-state index is 0.305. The van der Waals surface area contributed by atoms with Gasteiger partial charge >= 0.3 is 0 Å². The average molecular weight is 355 g/mol. The van der Waals surface area contributed by atoms with E-state index in [1.54, 1.807) is 20.3 Å². The van der Waals surface area contributed by atoms with E-state index in [4.69, 9.17) is 9.47 Å². The zero-order chi connectivity index (χ0) is 18.5. The van der Waals surface area contributed by atoms with Gasteiger partial charge in [-0.15, -0.1) is 0 Å². The van der Waals surface area contributed by atoms with Crippen LogP contribution in [0.15, 0.2) is 36.4 Å². The highest BCUT2D eigenvalue weighted by atomic mass is 19.1. The summed E-state index contributed by atoms with van der Waals surface area (Å²) in [5, 5.41) is 9.21. The molecule has 1 aliphatic rings. The van der Waals surface area contributed by atoms with Crippen LogP contribution < -0.4 is 14.4 Å². The van der Waals surface area contributed by atoms with Crippen molar-refractivity contribution < 1.29 is 13.9 Å². The van der Waals surface area contributed by atoms with Crippen LogP contribution >= 0.6 is 0 Å². The zero-order valence-corrected chi connectivity index (χ0v) is 15.0. The third-order valence-corrected chi connectivity index (χ3v) is 4.66. The first-order valence-corrected chi connectivity index (χ1v) is 8.52. The van der Waals surface area contributed by atoms with E-state index in [1.807, 2.05) is 18.2 Å². The van der Waals surface area contributed by atoms with Gasteiger partial charge < -0.3 is 14.4 Å². The molecule has 2 aromatic rings. The lowest BCUT2D eigenvalue weighted by Crippen LogP contribution is -2.46. The largest absolute Gasteiger partial charge is 0.497 e. The van der Waals surface area contributed by atoms with Crippen molar-refractivity contribution in [1.29, 1.82) is 5.26 Å². The average Bonchev–Trinajstić information content (AvgIpc) is 2.68. The zero-order valence-electron chi connectivity index (χ0n) is 15.0. The highest BCUT2D eigenvalue weighted by molar-refractivity contribution is 5.56. The minimum Gasteiger partial charge on any atom is -0.497 e. The summed E-state index contributed by atoms with van der Waals surface area (Å²) < 4.78 is 24.2. The molecule has 26 heavy (non-hydrogen) atoms. The number of benzene rings is 2. The van der Waals surface area contributed by atoms with Crippen molar-refractivity contribution in [2.24, 2.45) is 0 Å². The van der Waals surface area contributed by atoms with Gasteiger partial charge in [0.2, 0.25) is 0 Å². The number of halogens is 1. The summed E-state index contributed by atoms with van der Waals surface area (Å²) in [5.74, 6) is 1.22. The normalized spacial score (nSPS) is 14.8. The number of anilines is 1. The number of nitriles is 1. The third kappa shape index (κ3) is 4.06. The molecule has 1 heterocycles. The number of methoxy groups -OCH3 is 2. The molecule has 0 saturated carbocycles. The molecule has 2 aromatic carbocycles. The standard InChI is InChI=1S/C20H22FN3O2/c1-25-19-10-18(11-20(12-19)26-2)24-7-5-23(6-8-24)14-16-9-17(21)4-3-15(16)13-22/h3-4,9-12H,5-8,14H2,1-2H3. The fourth-order valence-corrected chi connectivity index (χ4v) is 3.18. The molecule has 136 valence electrons. The smallest absolute Gasteiger partial charge is 0.124 e. The number of ether oxygens (including phenoxy) is 2. The Morgan fingerprint density at radius 2 is 1.65 bits per heavy atom. The van der Waals surface area contributed by atoms with Crippen molar-refractivity contribution in [3.05, 3.63) is 53.3 Å². The van der Waals surface area contributed by atoms with E-state index in [0.717, 1.165) is 48.9 Å². The van der Waals surface area contributed by atoms with Gasteiger partial charge in [0.05, 0.1) is 25.9 Å². The van der Waals surface area contributed by atoms with E-state index in [0.29, 0.717) is 12.1 Å². The molecule has 0 unspecified atom stereocenters. The molecular formula is C20H22FN3O2. The highest BCUT2D eigenvalue weighted by Crippen LogP contribution is 2.29. The Labute approximate surface area is 153 Å². The maximum absolute atomic E-state index is 13.5. The van der Waals surface area contributed by atoms with Crippen molar-refractivity contribution >= 4 is 5.69 Å². The van der Waals surface area contributed by atoms with Gasteiger partial charge in [0.1, 0.15) is 17.3 Å². The summed E-state index contributed by atoms with van der Waals surface area (Å²) in [5.41, 5.74) is 2.33. The summed E-state index contributed by atoms with van der Waals surface area (Å²) in [6.45, 7) is 3.93. The fourth-order valence-electron chi connectivity index (χ4n) is 3.18. The Morgan fingerprint density at radius 3 is 2.23 bits per heavy atom. The third-order valence-electron chi connectivity index (χ3n) is 4.66. The van der Waals surface area contributed by atoms with Crippen molar-refractivity contribution in [3.8, 4) is 17.6 Å². The number of hydrogen-bond acceptors (Lipinski definition) is 5. The fraction of sp³-hybridized carbons (Fsp3) is 0.350. The molecule has 1 aliphatic heterocycles. The number of rotatable bonds is 5. The van der Waals surface area contributed by atoms with Gasteiger partial charge in [-0.2, -0.15) is 5.26 Å². The first kappa shape index (κ1) is 18.0. The van der Waals surface area contributed by atoms with Crippen LogP contribution in [0.3, 0.4) is 0 Å². The summed E-state index contributed by atoms with van der Waals surface area (Å²) in [4.78, 5) is 4.52. The summed E-state index contributed by atoms with van der Waals surface area (Å²) in [7, 11) is 3.28. The van der Waals surface area contributed by atoms with Crippen molar-refractivity contribution in [2.45, 2.75) is 6.54 Å². The second-order valence-electron chi connectivity index (χ2n) is 6.25. The lowest BCUT2D eigenvalue weighted by atomic mass is 10.1. The van der Waals surface area contributed by atoms with E-state index >= 15 is 0 Å². The Hall–Kier alpha value is -2.78. The Bertz CT molecular complexity index is 789. The van der Waals surface area contributed by atoms with E-state index in [-0.39, 0.29) is 5.82 Å². The van der Waals surface area contributed by atoms with Crippen LogP contribution in [0.4, 0.5) is 10.1 Å². The van der Waals surface area contributed by atoms with Gasteiger partial charge in [-0.3, -0.25) is 4.90 Å². The van der Waals surface area contributed by atoms with Gasteiger partial charge in [0.15, 0.2) is 0 Å². The van der Waals surface area contributed by atoms with Crippen LogP contribution in [-0.4, -0.2) is 45.3 Å². The topological polar surface area (TPSA) is 48.7 Å². The van der Waals surface area contributed by atoms with Crippen LogP contribution in [0.2, 0.25) is 0 Å². The Morgan fingerprint density at radius 1 is 1.00 bits per heavy atom. The lowest BCUT2D eigenvalue weighted by molar-refractivity contribution is 0.249. The minimum atomic E-state index is -0.305. The summed E-state index contributed by atoms with van der Waals surface area (Å²) in [6.07, 6.45) is 0. The first-order valence-electron chi connectivity index (χ1n) is 8.52. The second kappa shape index (κ2) is 8.07. The van der Waals surface area contributed by atoms with E-state index < -0.39 is 0 Å². The molecule has 0 aromatic heterocycles. The van der Waals surface area contributed by atoms with Gasteiger partial charge in [0, 0.05) is 56.6 Å². The van der Waals surface area contributed by atoms with Gasteiger partial charge in [-0.05, 0) is 23.8 Å². The molecule has 0 N–H and O–H groups in total. The molecule has 0 amide bonds. The summed E-state index contributed by atoms with van der Waals surface area (Å²) >= 11 is 0. The molecule has 0 atom stereocenters. The molecule has 1 fully saturated rings. The number of hydrogen-bond donors (Lipinski definition) is 0. The molecule has 3 rings (SSSR count). The molecule has 5 nitrogen and oxygen atoms in total. The molecule has 0 radical (unpaired) electrons. The van der Waals surface area contributed by atoms with Crippen molar-refractivity contribution in [3.63, 3.8) is 0 Å². The Balaban J connectivity index is 1.67. The maximum Gasteiger partial charge on any atom is 0.124 e. The monoisotopic (exact) mass is 355 g/mol. The van der Waals surface area contributed by atoms with E-state index in [1.165, 1.54) is 12.1 Å². The number of piperazine rings is 1. The SMILES string of the molecule is COc1cc(OC)cc(N2CCN(Cc3cc(F)ccc3C#N)CC2)c1. The molecule has 1 saturated heterocycles. The van der Waals surface area contributed by atoms with E-state index in [9.17, 15) is 9.65 Å². The van der Waals surface area contributed by atoms with Gasteiger partial charge in [0.25, 0.3) is 0 Å². The van der Waals surface area contributed by atoms with Crippen LogP contribution in [0.1, 0.15) is 11.1 Å². The predicted octanol–water partition coefficient (Wildman–Crippen LogP) is 3.04. The van der Waals surface area contributed by atoms with Gasteiger partial charge in [-0.25, -0.2) is 4.39 Å². The molecule has 0 spiro atoms. The molecule has 6 heteroatoms. The van der Waals surface area contributed by atoms with Crippen LogP contribution in [-0.2, 0) is 6.54 Å². The number of nitrogens with zero attached hydrogens (tertiary/aromatic N) is 3. The molecule has 0 aliphatic carbocycles. The molecular weight excluding hydrogens is 333 g/mol. The predicted molar refractivity (Wildman–Crippen MR) is 98.2 cm³/mol. The summed E-state index contributed by atoms with van der Waals surface area (Å²) in [6, 6.07) is 12.3. The second-order valence-corrected chi connectivity index (χ2v) is 6.25. The van der Waals surface area contributed by atoms with Crippen molar-refractivity contribution in [2.75, 3.05) is 45.3 Å². The van der Waals surface area contributed by atoms with Gasteiger partial charge in [-0.1, -0.05) is 0 Å². The van der Waals surface area contributed by atoms with Crippen LogP contribution in [0, 0.1) is 17.1 Å². The highest BCUT2D eigenvalue weighted by Gasteiger charge is 2.19.